The molecule has 0 aliphatic carbocycles. The Morgan fingerprint density at radius 2 is 1.81 bits per heavy atom. The average Bonchev–Trinajstić information content (AvgIpc) is 2.49. The molecule has 1 heterocycles. The fraction of sp³-hybridized carbons (Fsp3) is 0. The highest BCUT2D eigenvalue weighted by Crippen LogP contribution is 2.36. The second kappa shape index (κ2) is 5.49. The van der Waals surface area contributed by atoms with Crippen LogP contribution in [0.5, 0.6) is 11.5 Å². The summed E-state index contributed by atoms with van der Waals surface area (Å²) in [6, 6.07) is 11.9. The summed E-state index contributed by atoms with van der Waals surface area (Å²) in [6.45, 7) is 0. The number of aromatic nitrogens is 1. The number of halogens is 1. The van der Waals surface area contributed by atoms with Crippen molar-refractivity contribution in [3.8, 4) is 11.5 Å². The maximum absolute atomic E-state index is 11.1. The highest BCUT2D eigenvalue weighted by atomic mass is 79.9. The Morgan fingerprint density at radius 3 is 2.52 bits per heavy atom. The number of hydrogen-bond donors (Lipinski definition) is 0. The SMILES string of the molecule is O=[N+]([O-])c1ccc(Oc2ccncc2Br)c2ccccc12. The molecular weight excluding hydrogens is 336 g/mol. The fourth-order valence-electron chi connectivity index (χ4n) is 2.07. The number of benzene rings is 2. The van der Waals surface area contributed by atoms with E-state index in [-0.39, 0.29) is 5.69 Å². The van der Waals surface area contributed by atoms with Gasteiger partial charge in [0, 0.05) is 29.9 Å². The third-order valence-corrected chi connectivity index (χ3v) is 3.61. The molecule has 0 amide bonds. The fourth-order valence-corrected chi connectivity index (χ4v) is 2.40. The number of hydrogen-bond acceptors (Lipinski definition) is 4. The quantitative estimate of drug-likeness (QED) is 0.510. The minimum absolute atomic E-state index is 0.0618. The summed E-state index contributed by atoms with van der Waals surface area (Å²) < 4.78 is 6.56. The number of rotatable bonds is 3. The van der Waals surface area contributed by atoms with Gasteiger partial charge in [-0.05, 0) is 28.1 Å². The maximum atomic E-state index is 11.1. The summed E-state index contributed by atoms with van der Waals surface area (Å²) in [5.41, 5.74) is 0.0618. The average molecular weight is 345 g/mol. The van der Waals surface area contributed by atoms with Crippen LogP contribution in [0.3, 0.4) is 0 Å². The Labute approximate surface area is 128 Å². The minimum atomic E-state index is -0.394. The van der Waals surface area contributed by atoms with E-state index in [1.165, 1.54) is 6.07 Å². The van der Waals surface area contributed by atoms with Crippen LogP contribution < -0.4 is 4.74 Å². The standard InChI is InChI=1S/C15H9BrN2O3/c16-12-9-17-8-7-15(12)21-14-6-5-13(18(19)20)10-3-1-2-4-11(10)14/h1-9H. The Morgan fingerprint density at radius 1 is 1.05 bits per heavy atom. The van der Waals surface area contributed by atoms with Crippen LogP contribution in [0.15, 0.2) is 59.3 Å². The van der Waals surface area contributed by atoms with E-state index in [1.54, 1.807) is 42.7 Å². The summed E-state index contributed by atoms with van der Waals surface area (Å²) in [4.78, 5) is 14.7. The van der Waals surface area contributed by atoms with Gasteiger partial charge < -0.3 is 4.74 Å². The van der Waals surface area contributed by atoms with Gasteiger partial charge in [0.15, 0.2) is 0 Å². The van der Waals surface area contributed by atoms with Crippen LogP contribution in [0.1, 0.15) is 0 Å². The molecule has 0 unspecified atom stereocenters. The van der Waals surface area contributed by atoms with Gasteiger partial charge in [0.2, 0.25) is 0 Å². The Kier molecular flexibility index (Phi) is 3.53. The van der Waals surface area contributed by atoms with Crippen molar-refractivity contribution in [2.75, 3.05) is 0 Å². The zero-order valence-corrected chi connectivity index (χ0v) is 12.3. The van der Waals surface area contributed by atoms with E-state index in [2.05, 4.69) is 20.9 Å². The highest BCUT2D eigenvalue weighted by molar-refractivity contribution is 9.10. The third kappa shape index (κ3) is 2.57. The van der Waals surface area contributed by atoms with Gasteiger partial charge in [0.1, 0.15) is 11.5 Å². The molecule has 0 fully saturated rings. The summed E-state index contributed by atoms with van der Waals surface area (Å²) in [7, 11) is 0. The number of nitro groups is 1. The summed E-state index contributed by atoms with van der Waals surface area (Å²) in [5, 5.41) is 12.3. The highest BCUT2D eigenvalue weighted by Gasteiger charge is 2.15. The molecule has 0 spiro atoms. The monoisotopic (exact) mass is 344 g/mol. The van der Waals surface area contributed by atoms with Gasteiger partial charge >= 0.3 is 0 Å². The van der Waals surface area contributed by atoms with Gasteiger partial charge in [0.05, 0.1) is 14.8 Å². The lowest BCUT2D eigenvalue weighted by atomic mass is 10.1. The minimum Gasteiger partial charge on any atom is -0.455 e. The molecule has 0 atom stereocenters. The van der Waals surface area contributed by atoms with Crippen molar-refractivity contribution in [3.63, 3.8) is 0 Å². The van der Waals surface area contributed by atoms with E-state index in [1.807, 2.05) is 6.07 Å². The Balaban J connectivity index is 2.14. The molecule has 5 nitrogen and oxygen atoms in total. The molecule has 0 radical (unpaired) electrons. The van der Waals surface area contributed by atoms with E-state index >= 15 is 0 Å². The molecule has 21 heavy (non-hydrogen) atoms. The first-order chi connectivity index (χ1) is 10.2. The topological polar surface area (TPSA) is 65.3 Å². The summed E-state index contributed by atoms with van der Waals surface area (Å²) >= 11 is 3.36. The smallest absolute Gasteiger partial charge is 0.277 e. The zero-order valence-electron chi connectivity index (χ0n) is 10.7. The van der Waals surface area contributed by atoms with E-state index in [9.17, 15) is 10.1 Å². The number of non-ortho nitro benzene ring substituents is 1. The second-order valence-electron chi connectivity index (χ2n) is 4.29. The number of nitrogens with zero attached hydrogens (tertiary/aromatic N) is 2. The van der Waals surface area contributed by atoms with Gasteiger partial charge in [0.25, 0.3) is 5.69 Å². The first-order valence-corrected chi connectivity index (χ1v) is 6.89. The van der Waals surface area contributed by atoms with Crippen molar-refractivity contribution in [3.05, 3.63) is 69.4 Å². The van der Waals surface area contributed by atoms with Crippen molar-refractivity contribution in [1.29, 1.82) is 0 Å². The van der Waals surface area contributed by atoms with Crippen LogP contribution >= 0.6 is 15.9 Å². The molecule has 6 heteroatoms. The lowest BCUT2D eigenvalue weighted by Crippen LogP contribution is -1.92. The van der Waals surface area contributed by atoms with E-state index in [4.69, 9.17) is 4.74 Å². The summed E-state index contributed by atoms with van der Waals surface area (Å²) in [5.74, 6) is 1.16. The molecule has 0 aliphatic rings. The van der Waals surface area contributed by atoms with Gasteiger partial charge in [-0.15, -0.1) is 0 Å². The molecule has 3 aromatic rings. The molecule has 0 aliphatic heterocycles. The number of fused-ring (bicyclic) bond motifs is 1. The van der Waals surface area contributed by atoms with Crippen LogP contribution in [-0.2, 0) is 0 Å². The zero-order chi connectivity index (χ0) is 14.8. The van der Waals surface area contributed by atoms with Crippen molar-refractivity contribution >= 4 is 32.4 Å². The first kappa shape index (κ1) is 13.5. The number of pyridine rings is 1. The Hall–Kier alpha value is -2.47. The van der Waals surface area contributed by atoms with Crippen LogP contribution in [0.25, 0.3) is 10.8 Å². The van der Waals surface area contributed by atoms with Gasteiger partial charge in [-0.3, -0.25) is 15.1 Å². The van der Waals surface area contributed by atoms with Gasteiger partial charge in [-0.1, -0.05) is 18.2 Å². The summed E-state index contributed by atoms with van der Waals surface area (Å²) in [6.07, 6.45) is 3.25. The predicted octanol–water partition coefficient (Wildman–Crippen LogP) is 4.70. The molecule has 3 rings (SSSR count). The van der Waals surface area contributed by atoms with Crippen molar-refractivity contribution in [2.45, 2.75) is 0 Å². The molecule has 2 aromatic carbocycles. The maximum Gasteiger partial charge on any atom is 0.277 e. The molecule has 0 saturated carbocycles. The van der Waals surface area contributed by atoms with E-state index in [0.29, 0.717) is 26.7 Å². The normalized spacial score (nSPS) is 10.5. The van der Waals surface area contributed by atoms with E-state index < -0.39 is 4.92 Å². The third-order valence-electron chi connectivity index (χ3n) is 3.01. The van der Waals surface area contributed by atoms with Crippen molar-refractivity contribution in [1.82, 2.24) is 4.98 Å². The molecule has 0 N–H and O–H groups in total. The largest absolute Gasteiger partial charge is 0.455 e. The molecular formula is C15H9BrN2O3. The second-order valence-corrected chi connectivity index (χ2v) is 5.15. The van der Waals surface area contributed by atoms with Crippen LogP contribution in [0.4, 0.5) is 5.69 Å². The van der Waals surface area contributed by atoms with Gasteiger partial charge in [-0.25, -0.2) is 0 Å². The van der Waals surface area contributed by atoms with Crippen LogP contribution in [0, 0.1) is 10.1 Å². The van der Waals surface area contributed by atoms with Crippen LogP contribution in [-0.4, -0.2) is 9.91 Å². The Bertz CT molecular complexity index is 836. The molecule has 1 aromatic heterocycles. The lowest BCUT2D eigenvalue weighted by Gasteiger charge is -2.10. The molecule has 104 valence electrons. The van der Waals surface area contributed by atoms with Crippen LogP contribution in [0.2, 0.25) is 0 Å². The number of nitro benzene ring substituents is 1. The van der Waals surface area contributed by atoms with Crippen molar-refractivity contribution in [2.24, 2.45) is 0 Å². The first-order valence-electron chi connectivity index (χ1n) is 6.10. The lowest BCUT2D eigenvalue weighted by molar-refractivity contribution is -0.383. The number of ether oxygens (including phenoxy) is 1. The molecule has 0 saturated heterocycles. The molecule has 0 bridgehead atoms. The van der Waals surface area contributed by atoms with Gasteiger partial charge in [-0.2, -0.15) is 0 Å². The predicted molar refractivity (Wildman–Crippen MR) is 82.6 cm³/mol. The van der Waals surface area contributed by atoms with Crippen molar-refractivity contribution < 1.29 is 9.66 Å². The van der Waals surface area contributed by atoms with E-state index in [0.717, 1.165) is 0 Å².